The Morgan fingerprint density at radius 2 is 1.79 bits per heavy atom. The third-order valence-corrected chi connectivity index (χ3v) is 13.9. The molecular formula is C54H62N2. The quantitative estimate of drug-likeness (QED) is 0.156. The topological polar surface area (TPSA) is 6.48 Å². The van der Waals surface area contributed by atoms with E-state index >= 15 is 0 Å². The van der Waals surface area contributed by atoms with E-state index < -0.39 is 0 Å². The summed E-state index contributed by atoms with van der Waals surface area (Å²) in [4.78, 5) is 5.38. The SMILES string of the molecule is C#C/C=C\C(=C/C)N(/C1=C/C(C)C2(C3=CC=CCC3c3ccccc32)C2C=C(N(C3=CCCC=C3)C3C=CCCC(C)=C3)CCC2CCC1)C1C=C(C)C=CC1. The third-order valence-electron chi connectivity index (χ3n) is 13.9. The predicted octanol–water partition coefficient (Wildman–Crippen LogP) is 13.4. The summed E-state index contributed by atoms with van der Waals surface area (Å²) in [6.07, 6.45) is 59.2. The molecule has 56 heavy (non-hydrogen) atoms. The fraction of sp³-hybridized carbons (Fsp3) is 0.407. The lowest BCUT2D eigenvalue weighted by Gasteiger charge is -2.50. The van der Waals surface area contributed by atoms with Crippen molar-refractivity contribution in [3.05, 3.63) is 178 Å². The lowest BCUT2D eigenvalue weighted by Crippen LogP contribution is -2.46. The Morgan fingerprint density at radius 3 is 2.61 bits per heavy atom. The van der Waals surface area contributed by atoms with Gasteiger partial charge in [0.2, 0.25) is 0 Å². The van der Waals surface area contributed by atoms with Crippen LogP contribution in [0.2, 0.25) is 0 Å². The number of hydrogen-bond donors (Lipinski definition) is 0. The van der Waals surface area contributed by atoms with E-state index in [1.165, 1.54) is 53.2 Å². The van der Waals surface area contributed by atoms with Crippen LogP contribution in [0.1, 0.15) is 115 Å². The molecule has 8 rings (SSSR count). The minimum Gasteiger partial charge on any atom is -0.338 e. The summed E-state index contributed by atoms with van der Waals surface area (Å²) in [5.74, 6) is 4.41. The molecule has 288 valence electrons. The fourth-order valence-corrected chi connectivity index (χ4v) is 11.5. The molecule has 1 aromatic carbocycles. The van der Waals surface area contributed by atoms with Gasteiger partial charge in [0, 0.05) is 34.1 Å². The minimum atomic E-state index is -0.167. The Balaban J connectivity index is 1.34. The van der Waals surface area contributed by atoms with Gasteiger partial charge in [-0.05, 0) is 139 Å². The molecule has 0 aromatic heterocycles. The number of fused-ring (bicyclic) bond motifs is 7. The van der Waals surface area contributed by atoms with E-state index in [0.29, 0.717) is 17.8 Å². The molecule has 1 spiro atoms. The zero-order valence-corrected chi connectivity index (χ0v) is 34.3. The second kappa shape index (κ2) is 16.8. The third kappa shape index (κ3) is 7.08. The number of rotatable bonds is 7. The van der Waals surface area contributed by atoms with Crippen LogP contribution in [0.3, 0.4) is 0 Å². The number of allylic oxidation sites excluding steroid dienone is 18. The highest BCUT2D eigenvalue weighted by Crippen LogP contribution is 2.64. The van der Waals surface area contributed by atoms with E-state index in [-0.39, 0.29) is 23.4 Å². The zero-order chi connectivity index (χ0) is 38.6. The van der Waals surface area contributed by atoms with Crippen molar-refractivity contribution < 1.29 is 0 Å². The molecule has 7 aliphatic carbocycles. The molecule has 0 radical (unpaired) electrons. The highest BCUT2D eigenvalue weighted by atomic mass is 15.2. The van der Waals surface area contributed by atoms with Gasteiger partial charge in [-0.15, -0.1) is 6.42 Å². The fourth-order valence-electron chi connectivity index (χ4n) is 11.5. The largest absolute Gasteiger partial charge is 0.338 e. The summed E-state index contributed by atoms with van der Waals surface area (Å²) in [5.41, 5.74) is 12.9. The van der Waals surface area contributed by atoms with Crippen molar-refractivity contribution in [2.45, 2.75) is 122 Å². The van der Waals surface area contributed by atoms with Crippen LogP contribution in [0.15, 0.2) is 167 Å². The molecule has 0 bridgehead atoms. The lowest BCUT2D eigenvalue weighted by atomic mass is 9.55. The minimum absolute atomic E-state index is 0.167. The Bertz CT molecular complexity index is 2090. The summed E-state index contributed by atoms with van der Waals surface area (Å²) in [5, 5.41) is 0. The standard InChI is InChI=1S/C54H62N2/c1-6-8-23-43(7-2)55(46-27-18-21-40(4)36-46)47-28-19-22-42-33-34-48(56(44-24-10-9-11-25-44)45-26-13-12-20-39(3)35-45)38-53(42)54(41(5)37-47)51-31-16-14-29-49(51)50-30-15-17-32-52(50)54/h1,7-8,10,13-18,21,23-26,29,31-32,35-38,41-42,45-46,50,53H,9,11-12,19-20,22,27-28,30,33-34H2,2-5H3/b23-8-,43-7+,47-37+. The molecule has 0 saturated heterocycles. The second-order valence-corrected chi connectivity index (χ2v) is 17.3. The van der Waals surface area contributed by atoms with E-state index in [4.69, 9.17) is 6.42 Å². The summed E-state index contributed by atoms with van der Waals surface area (Å²) >= 11 is 0. The van der Waals surface area contributed by atoms with Crippen LogP contribution in [0.4, 0.5) is 0 Å². The highest BCUT2D eigenvalue weighted by molar-refractivity contribution is 5.60. The van der Waals surface area contributed by atoms with E-state index in [1.807, 2.05) is 6.08 Å². The summed E-state index contributed by atoms with van der Waals surface area (Å²) in [6.45, 7) is 9.30. The number of benzene rings is 1. The van der Waals surface area contributed by atoms with Crippen molar-refractivity contribution in [3.8, 4) is 12.3 Å². The molecule has 0 fully saturated rings. The smallest absolute Gasteiger partial charge is 0.0705 e. The molecule has 0 N–H and O–H groups in total. The van der Waals surface area contributed by atoms with Gasteiger partial charge in [-0.1, -0.05) is 139 Å². The molecule has 0 amide bonds. The zero-order valence-electron chi connectivity index (χ0n) is 34.3. The van der Waals surface area contributed by atoms with E-state index in [1.54, 1.807) is 16.7 Å². The lowest BCUT2D eigenvalue weighted by molar-refractivity contribution is 0.183. The number of hydrogen-bond acceptors (Lipinski definition) is 2. The van der Waals surface area contributed by atoms with Crippen molar-refractivity contribution >= 4 is 0 Å². The van der Waals surface area contributed by atoms with Crippen molar-refractivity contribution in [1.82, 2.24) is 9.80 Å². The summed E-state index contributed by atoms with van der Waals surface area (Å²) in [6, 6.07) is 10.1. The van der Waals surface area contributed by atoms with Crippen LogP contribution in [-0.2, 0) is 5.41 Å². The predicted molar refractivity (Wildman–Crippen MR) is 237 cm³/mol. The molecule has 2 nitrogen and oxygen atoms in total. The average molecular weight is 739 g/mol. The number of nitrogens with zero attached hydrogens (tertiary/aromatic N) is 2. The van der Waals surface area contributed by atoms with Crippen LogP contribution in [0.5, 0.6) is 0 Å². The molecule has 1 aromatic rings. The molecule has 7 atom stereocenters. The first-order valence-electron chi connectivity index (χ1n) is 21.7. The van der Waals surface area contributed by atoms with Crippen molar-refractivity contribution in [2.24, 2.45) is 17.8 Å². The maximum atomic E-state index is 5.84. The first-order valence-corrected chi connectivity index (χ1v) is 21.7. The number of terminal acetylenes is 1. The van der Waals surface area contributed by atoms with Gasteiger partial charge < -0.3 is 9.80 Å². The Labute approximate surface area is 338 Å². The Kier molecular flexibility index (Phi) is 11.4. The maximum absolute atomic E-state index is 5.84. The highest BCUT2D eigenvalue weighted by Gasteiger charge is 2.57. The molecule has 2 heteroatoms. The van der Waals surface area contributed by atoms with Crippen LogP contribution < -0.4 is 0 Å². The first-order chi connectivity index (χ1) is 27.4. The van der Waals surface area contributed by atoms with Crippen LogP contribution in [0, 0.1) is 30.1 Å². The molecule has 0 saturated carbocycles. The normalized spacial score (nSPS) is 32.2. The first kappa shape index (κ1) is 38.1. The van der Waals surface area contributed by atoms with Crippen molar-refractivity contribution in [2.75, 3.05) is 0 Å². The maximum Gasteiger partial charge on any atom is 0.0705 e. The van der Waals surface area contributed by atoms with Gasteiger partial charge in [0.25, 0.3) is 0 Å². The van der Waals surface area contributed by atoms with Gasteiger partial charge in [0.1, 0.15) is 0 Å². The second-order valence-electron chi connectivity index (χ2n) is 17.3. The molecule has 7 unspecified atom stereocenters. The van der Waals surface area contributed by atoms with Gasteiger partial charge in [0.15, 0.2) is 0 Å². The van der Waals surface area contributed by atoms with Gasteiger partial charge in [-0.2, -0.15) is 0 Å². The van der Waals surface area contributed by atoms with Crippen LogP contribution >= 0.6 is 0 Å². The molecular weight excluding hydrogens is 677 g/mol. The Hall–Kier alpha value is -4.74. The summed E-state index contributed by atoms with van der Waals surface area (Å²) in [7, 11) is 0. The van der Waals surface area contributed by atoms with Gasteiger partial charge in [-0.25, -0.2) is 0 Å². The van der Waals surface area contributed by atoms with E-state index in [0.717, 1.165) is 51.4 Å². The molecule has 7 aliphatic rings. The van der Waals surface area contributed by atoms with Crippen LogP contribution in [-0.4, -0.2) is 21.9 Å². The molecule has 0 heterocycles. The van der Waals surface area contributed by atoms with Crippen molar-refractivity contribution in [3.63, 3.8) is 0 Å². The van der Waals surface area contributed by atoms with Gasteiger partial charge in [-0.3, -0.25) is 0 Å². The van der Waals surface area contributed by atoms with E-state index in [2.05, 4.69) is 165 Å². The molecule has 0 aliphatic heterocycles. The van der Waals surface area contributed by atoms with Crippen LogP contribution in [0.25, 0.3) is 0 Å². The van der Waals surface area contributed by atoms with Crippen molar-refractivity contribution in [1.29, 1.82) is 0 Å². The summed E-state index contributed by atoms with van der Waals surface area (Å²) < 4.78 is 0. The Morgan fingerprint density at radius 1 is 0.893 bits per heavy atom. The van der Waals surface area contributed by atoms with Gasteiger partial charge >= 0.3 is 0 Å². The monoisotopic (exact) mass is 738 g/mol. The van der Waals surface area contributed by atoms with E-state index in [9.17, 15) is 0 Å². The average Bonchev–Trinajstić information content (AvgIpc) is 3.39. The van der Waals surface area contributed by atoms with Gasteiger partial charge in [0.05, 0.1) is 12.1 Å².